The van der Waals surface area contributed by atoms with Crippen LogP contribution in [0.3, 0.4) is 0 Å². The van der Waals surface area contributed by atoms with Crippen LogP contribution in [-0.4, -0.2) is 51.8 Å². The smallest absolute Gasteiger partial charge is 0.236 e. The number of ether oxygens (including phenoxy) is 1. The van der Waals surface area contributed by atoms with E-state index in [1.165, 1.54) is 12.3 Å². The zero-order valence-electron chi connectivity index (χ0n) is 9.07. The first-order valence-electron chi connectivity index (χ1n) is 5.20. The van der Waals surface area contributed by atoms with E-state index in [2.05, 4.69) is 6.58 Å². The molecular weight excluding hydrogens is 226 g/mol. The Morgan fingerprint density at radius 2 is 2.24 bits per heavy atom. The van der Waals surface area contributed by atoms with E-state index in [4.69, 9.17) is 9.84 Å². The van der Waals surface area contributed by atoms with E-state index in [0.29, 0.717) is 5.57 Å². The van der Waals surface area contributed by atoms with Gasteiger partial charge < -0.3 is 14.9 Å². The Morgan fingerprint density at radius 3 is 2.76 bits per heavy atom. The van der Waals surface area contributed by atoms with Crippen molar-refractivity contribution in [3.8, 4) is 0 Å². The first kappa shape index (κ1) is 12.0. The Hall–Kier alpha value is -1.50. The van der Waals surface area contributed by atoms with Gasteiger partial charge in [-0.3, -0.25) is 14.5 Å². The summed E-state index contributed by atoms with van der Waals surface area (Å²) in [5.74, 6) is -0.718. The summed E-state index contributed by atoms with van der Waals surface area (Å²) < 4.78 is 5.32. The van der Waals surface area contributed by atoms with Gasteiger partial charge in [0.1, 0.15) is 12.2 Å². The number of nitrogens with zero attached hydrogens (tertiary/aromatic N) is 1. The summed E-state index contributed by atoms with van der Waals surface area (Å²) in [5.41, 5.74) is 0.329. The third-order valence-electron chi connectivity index (χ3n) is 2.84. The average Bonchev–Trinajstić information content (AvgIpc) is 2.57. The zero-order chi connectivity index (χ0) is 12.6. The number of amides is 1. The Labute approximate surface area is 97.8 Å². The highest BCUT2D eigenvalue weighted by atomic mass is 16.5. The van der Waals surface area contributed by atoms with Gasteiger partial charge in [0.25, 0.3) is 0 Å². The highest BCUT2D eigenvalue weighted by Gasteiger charge is 2.42. The number of hydrogen-bond acceptors (Lipinski definition) is 5. The fourth-order valence-electron chi connectivity index (χ4n) is 1.85. The van der Waals surface area contributed by atoms with Crippen LogP contribution in [0.5, 0.6) is 0 Å². The number of rotatable bonds is 2. The number of carbonyl (C=O) groups is 2. The molecule has 17 heavy (non-hydrogen) atoms. The molecule has 2 aliphatic heterocycles. The first-order valence-corrected chi connectivity index (χ1v) is 5.20. The molecule has 1 saturated heterocycles. The summed E-state index contributed by atoms with van der Waals surface area (Å²) in [6.07, 6.45) is -0.361. The lowest BCUT2D eigenvalue weighted by Gasteiger charge is -2.28. The molecule has 0 aromatic heterocycles. The standard InChI is InChI=1S/C11H13NO5/c1-6-8(5-13)17-11(10(6)16)12-3-2-7(14)4-9(12)15/h2-3,8,10-11,13,16H,1,4-5H2/t8-,10-,11-/m0/s1. The van der Waals surface area contributed by atoms with Crippen LogP contribution >= 0.6 is 0 Å². The summed E-state index contributed by atoms with van der Waals surface area (Å²) in [7, 11) is 0. The first-order chi connectivity index (χ1) is 8.04. The minimum atomic E-state index is -1.06. The summed E-state index contributed by atoms with van der Waals surface area (Å²) in [4.78, 5) is 23.8. The highest BCUT2D eigenvalue weighted by molar-refractivity contribution is 6.06. The summed E-state index contributed by atoms with van der Waals surface area (Å²) in [5, 5.41) is 18.9. The third-order valence-corrected chi connectivity index (χ3v) is 2.84. The Kier molecular flexibility index (Phi) is 3.10. The number of carbonyl (C=O) groups excluding carboxylic acids is 2. The fraction of sp³-hybridized carbons (Fsp3) is 0.455. The topological polar surface area (TPSA) is 87.1 Å². The zero-order valence-corrected chi connectivity index (χ0v) is 9.07. The van der Waals surface area contributed by atoms with Crippen LogP contribution in [-0.2, 0) is 14.3 Å². The van der Waals surface area contributed by atoms with Gasteiger partial charge in [-0.25, -0.2) is 0 Å². The van der Waals surface area contributed by atoms with E-state index < -0.39 is 24.3 Å². The number of hydrogen-bond donors (Lipinski definition) is 2. The highest BCUT2D eigenvalue weighted by Crippen LogP contribution is 2.28. The van der Waals surface area contributed by atoms with Gasteiger partial charge in [0.15, 0.2) is 12.0 Å². The van der Waals surface area contributed by atoms with Crippen molar-refractivity contribution in [2.24, 2.45) is 0 Å². The second-order valence-corrected chi connectivity index (χ2v) is 3.98. The molecule has 2 rings (SSSR count). The van der Waals surface area contributed by atoms with Crippen molar-refractivity contribution >= 4 is 11.7 Å². The van der Waals surface area contributed by atoms with Crippen LogP contribution in [0.2, 0.25) is 0 Å². The predicted molar refractivity (Wildman–Crippen MR) is 56.5 cm³/mol. The fourth-order valence-corrected chi connectivity index (χ4v) is 1.85. The van der Waals surface area contributed by atoms with Gasteiger partial charge in [-0.15, -0.1) is 0 Å². The van der Waals surface area contributed by atoms with Crippen LogP contribution in [0.15, 0.2) is 24.4 Å². The molecule has 3 atom stereocenters. The monoisotopic (exact) mass is 239 g/mol. The lowest BCUT2D eigenvalue weighted by Crippen LogP contribution is -2.44. The van der Waals surface area contributed by atoms with Crippen molar-refractivity contribution in [2.75, 3.05) is 6.61 Å². The van der Waals surface area contributed by atoms with Crippen molar-refractivity contribution < 1.29 is 24.5 Å². The molecule has 6 nitrogen and oxygen atoms in total. The lowest BCUT2D eigenvalue weighted by atomic mass is 10.1. The van der Waals surface area contributed by atoms with Crippen molar-refractivity contribution in [2.45, 2.75) is 24.9 Å². The normalized spacial score (nSPS) is 33.6. The van der Waals surface area contributed by atoms with Gasteiger partial charge in [0, 0.05) is 6.20 Å². The van der Waals surface area contributed by atoms with E-state index in [1.807, 2.05) is 0 Å². The molecule has 1 fully saturated rings. The summed E-state index contributed by atoms with van der Waals surface area (Å²) in [6, 6.07) is 0. The van der Waals surface area contributed by atoms with Gasteiger partial charge >= 0.3 is 0 Å². The van der Waals surface area contributed by atoms with Crippen LogP contribution in [0.25, 0.3) is 0 Å². The van der Waals surface area contributed by atoms with Gasteiger partial charge in [-0.05, 0) is 11.6 Å². The van der Waals surface area contributed by atoms with E-state index in [1.54, 1.807) is 0 Å². The largest absolute Gasteiger partial charge is 0.393 e. The molecule has 0 aromatic carbocycles. The van der Waals surface area contributed by atoms with Crippen LogP contribution in [0.4, 0.5) is 0 Å². The number of aliphatic hydroxyl groups excluding tert-OH is 2. The van der Waals surface area contributed by atoms with Crippen molar-refractivity contribution in [3.05, 3.63) is 24.4 Å². The molecule has 2 heterocycles. The molecule has 92 valence electrons. The molecule has 0 aliphatic carbocycles. The van der Waals surface area contributed by atoms with Gasteiger partial charge in [-0.1, -0.05) is 6.58 Å². The minimum Gasteiger partial charge on any atom is -0.393 e. The average molecular weight is 239 g/mol. The molecule has 0 bridgehead atoms. The third kappa shape index (κ3) is 2.02. The molecule has 0 aromatic rings. The second-order valence-electron chi connectivity index (χ2n) is 3.98. The van der Waals surface area contributed by atoms with Crippen molar-refractivity contribution in [1.82, 2.24) is 4.90 Å². The quantitative estimate of drug-likeness (QED) is 0.473. The summed E-state index contributed by atoms with van der Waals surface area (Å²) in [6.45, 7) is 3.30. The molecule has 2 aliphatic rings. The number of allylic oxidation sites excluding steroid dienone is 1. The van der Waals surface area contributed by atoms with Crippen LogP contribution in [0, 0.1) is 0 Å². The molecule has 2 N–H and O–H groups in total. The van der Waals surface area contributed by atoms with E-state index in [-0.39, 0.29) is 18.8 Å². The van der Waals surface area contributed by atoms with Gasteiger partial charge in [0.05, 0.1) is 13.0 Å². The molecule has 0 saturated carbocycles. The SMILES string of the molecule is C=C1[C@H](CO)O[C@H](N2C=CC(=O)CC2=O)[C@H]1O. The van der Waals surface area contributed by atoms with E-state index in [9.17, 15) is 14.7 Å². The van der Waals surface area contributed by atoms with Crippen molar-refractivity contribution in [3.63, 3.8) is 0 Å². The molecular formula is C11H13NO5. The second kappa shape index (κ2) is 4.40. The Balaban J connectivity index is 2.19. The lowest BCUT2D eigenvalue weighted by molar-refractivity contribution is -0.148. The molecule has 6 heteroatoms. The number of aliphatic hydroxyl groups is 2. The maximum absolute atomic E-state index is 11.6. The van der Waals surface area contributed by atoms with Gasteiger partial charge in [-0.2, -0.15) is 0 Å². The molecule has 1 amide bonds. The molecule has 0 spiro atoms. The predicted octanol–water partition coefficient (Wildman–Crippen LogP) is -1.06. The minimum absolute atomic E-state index is 0.237. The summed E-state index contributed by atoms with van der Waals surface area (Å²) >= 11 is 0. The Morgan fingerprint density at radius 1 is 1.53 bits per heavy atom. The maximum Gasteiger partial charge on any atom is 0.236 e. The van der Waals surface area contributed by atoms with Crippen molar-refractivity contribution in [1.29, 1.82) is 0 Å². The molecule has 0 radical (unpaired) electrons. The number of ketones is 1. The van der Waals surface area contributed by atoms with E-state index >= 15 is 0 Å². The molecule has 0 unspecified atom stereocenters. The Bertz CT molecular complexity index is 403. The van der Waals surface area contributed by atoms with Gasteiger partial charge in [0.2, 0.25) is 5.91 Å². The maximum atomic E-state index is 11.6. The van der Waals surface area contributed by atoms with E-state index in [0.717, 1.165) is 4.90 Å². The van der Waals surface area contributed by atoms with Crippen LogP contribution < -0.4 is 0 Å². The van der Waals surface area contributed by atoms with Crippen LogP contribution in [0.1, 0.15) is 6.42 Å².